The second kappa shape index (κ2) is 21.7. The fourth-order valence-corrected chi connectivity index (χ4v) is 9.04. The normalized spacial score (nSPS) is 26.6. The second-order valence-electron chi connectivity index (χ2n) is 17.1. The van der Waals surface area contributed by atoms with Crippen molar-refractivity contribution in [2.24, 2.45) is 17.3 Å². The molecule has 0 aromatic carbocycles. The van der Waals surface area contributed by atoms with E-state index in [1.165, 1.54) is 102 Å². The lowest BCUT2D eigenvalue weighted by atomic mass is 9.62. The summed E-state index contributed by atoms with van der Waals surface area (Å²) in [7, 11) is 0. The first-order chi connectivity index (χ1) is 23.4. The number of fused-ring (bicyclic) bond motifs is 1. The molecule has 0 amide bonds. The Balaban J connectivity index is 1.37. The van der Waals surface area contributed by atoms with Crippen LogP contribution in [0.15, 0.2) is 47.1 Å². The zero-order chi connectivity index (χ0) is 35.7. The van der Waals surface area contributed by atoms with Crippen molar-refractivity contribution in [3.8, 4) is 0 Å². The molecule has 2 saturated carbocycles. The van der Waals surface area contributed by atoms with Crippen molar-refractivity contribution in [1.29, 1.82) is 0 Å². The number of esters is 1. The Morgan fingerprint density at radius 3 is 2.16 bits per heavy atom. The summed E-state index contributed by atoms with van der Waals surface area (Å²) in [4.78, 5) is 12.8. The van der Waals surface area contributed by atoms with Crippen molar-refractivity contribution in [2.75, 3.05) is 0 Å². The number of carbonyl (C=O) groups is 1. The van der Waals surface area contributed by atoms with Crippen LogP contribution in [0.4, 0.5) is 0 Å². The fraction of sp³-hybridized carbons (Fsp3) is 0.800. The average molecular weight is 681 g/mol. The Labute approximate surface area is 302 Å². The van der Waals surface area contributed by atoms with Gasteiger partial charge in [-0.3, -0.25) is 4.79 Å². The van der Waals surface area contributed by atoms with Gasteiger partial charge in [-0.15, -0.1) is 0 Å². The highest BCUT2D eigenvalue weighted by Crippen LogP contribution is 2.57. The molecule has 3 aliphatic carbocycles. The van der Waals surface area contributed by atoms with Gasteiger partial charge in [-0.1, -0.05) is 153 Å². The number of aliphatic hydroxyl groups is 2. The third kappa shape index (κ3) is 14.5. The highest BCUT2D eigenvalue weighted by Gasteiger charge is 2.46. The minimum absolute atomic E-state index is 0.156. The Morgan fingerprint density at radius 2 is 1.57 bits per heavy atom. The molecule has 49 heavy (non-hydrogen) atoms. The Kier molecular flexibility index (Phi) is 18.5. The first-order valence-electron chi connectivity index (χ1n) is 20.8. The number of rotatable bonds is 23. The minimum atomic E-state index is -0.593. The molecule has 3 aliphatic rings. The van der Waals surface area contributed by atoms with Crippen LogP contribution in [0.1, 0.15) is 195 Å². The first kappa shape index (κ1) is 41.8. The summed E-state index contributed by atoms with van der Waals surface area (Å²) in [6.45, 7) is 15.3. The van der Waals surface area contributed by atoms with Crippen LogP contribution >= 0.6 is 0 Å². The summed E-state index contributed by atoms with van der Waals surface area (Å²) in [6.07, 6.45) is 34.8. The summed E-state index contributed by atoms with van der Waals surface area (Å²) in [5.74, 6) is 0.903. The van der Waals surface area contributed by atoms with Gasteiger partial charge < -0.3 is 14.9 Å². The average Bonchev–Trinajstić information content (AvgIpc) is 3.40. The van der Waals surface area contributed by atoms with E-state index in [2.05, 4.69) is 45.6 Å². The van der Waals surface area contributed by atoms with Crippen molar-refractivity contribution in [2.45, 2.75) is 213 Å². The van der Waals surface area contributed by atoms with E-state index in [0.717, 1.165) is 56.1 Å². The van der Waals surface area contributed by atoms with E-state index in [1.807, 2.05) is 13.8 Å². The van der Waals surface area contributed by atoms with Crippen LogP contribution in [0.25, 0.3) is 0 Å². The lowest BCUT2D eigenvalue weighted by molar-refractivity contribution is -0.149. The number of hydrogen-bond donors (Lipinski definition) is 2. The van der Waals surface area contributed by atoms with Gasteiger partial charge in [-0.05, 0) is 93.6 Å². The van der Waals surface area contributed by atoms with Gasteiger partial charge in [-0.2, -0.15) is 0 Å². The van der Waals surface area contributed by atoms with Gasteiger partial charge in [-0.25, -0.2) is 0 Å². The van der Waals surface area contributed by atoms with Gasteiger partial charge in [0.2, 0.25) is 0 Å². The fourth-order valence-electron chi connectivity index (χ4n) is 9.04. The Bertz CT molecular complexity index is 1090. The molecular weight excluding hydrogens is 604 g/mol. The van der Waals surface area contributed by atoms with E-state index in [4.69, 9.17) is 4.74 Å². The van der Waals surface area contributed by atoms with Crippen LogP contribution in [0.3, 0.4) is 0 Å². The summed E-state index contributed by atoms with van der Waals surface area (Å²) < 4.78 is 5.91. The van der Waals surface area contributed by atoms with Gasteiger partial charge in [0.05, 0.1) is 11.7 Å². The summed E-state index contributed by atoms with van der Waals surface area (Å²) in [5, 5.41) is 20.9. The summed E-state index contributed by atoms with van der Waals surface area (Å²) in [6, 6.07) is 0. The Morgan fingerprint density at radius 1 is 0.980 bits per heavy atom. The van der Waals surface area contributed by atoms with Crippen molar-refractivity contribution in [3.05, 3.63) is 47.1 Å². The van der Waals surface area contributed by atoms with E-state index in [1.54, 1.807) is 5.57 Å². The molecule has 2 fully saturated rings. The molecule has 280 valence electrons. The molecule has 3 rings (SSSR count). The molecule has 2 N–H and O–H groups in total. The maximum absolute atomic E-state index is 12.8. The third-order valence-corrected chi connectivity index (χ3v) is 12.1. The zero-order valence-corrected chi connectivity index (χ0v) is 32.6. The highest BCUT2D eigenvalue weighted by molar-refractivity contribution is 5.70. The molecule has 4 heteroatoms. The first-order valence-corrected chi connectivity index (χ1v) is 20.8. The van der Waals surface area contributed by atoms with E-state index in [-0.39, 0.29) is 11.4 Å². The highest BCUT2D eigenvalue weighted by atomic mass is 16.5. The molecule has 0 aromatic heterocycles. The van der Waals surface area contributed by atoms with Gasteiger partial charge in [0.25, 0.3) is 0 Å². The maximum atomic E-state index is 12.8. The molecule has 0 radical (unpaired) electrons. The number of aliphatic hydroxyl groups excluding tert-OH is 1. The largest absolute Gasteiger partial charge is 0.457 e. The smallest absolute Gasteiger partial charge is 0.306 e. The molecule has 5 atom stereocenters. The van der Waals surface area contributed by atoms with Gasteiger partial charge >= 0.3 is 5.97 Å². The van der Waals surface area contributed by atoms with Crippen LogP contribution in [-0.4, -0.2) is 34.0 Å². The van der Waals surface area contributed by atoms with Crippen LogP contribution in [-0.2, 0) is 9.53 Å². The van der Waals surface area contributed by atoms with Crippen LogP contribution in [0, 0.1) is 17.3 Å². The minimum Gasteiger partial charge on any atom is -0.457 e. The van der Waals surface area contributed by atoms with Crippen molar-refractivity contribution in [3.63, 3.8) is 0 Å². The lowest BCUT2D eigenvalue weighted by Gasteiger charge is -2.42. The third-order valence-electron chi connectivity index (χ3n) is 12.1. The van der Waals surface area contributed by atoms with E-state index in [9.17, 15) is 15.0 Å². The molecular formula is C45H76O4. The zero-order valence-electron chi connectivity index (χ0n) is 32.6. The number of carbonyl (C=O) groups excluding carboxylic acids is 1. The Hall–Kier alpha value is -1.65. The molecule has 4 nitrogen and oxygen atoms in total. The maximum Gasteiger partial charge on any atom is 0.306 e. The topological polar surface area (TPSA) is 66.8 Å². The second-order valence-corrected chi connectivity index (χ2v) is 17.1. The SMILES string of the molecule is C=C1/C(=C\C=C2/CCCC3(C)C([C@@H](C)CCCC(C)(C)O)=CCC23)C[C@@H](O)C[C@@H]1OC(=O)CCCCCCCCCCCCCCCCC. The molecule has 0 saturated heterocycles. The van der Waals surface area contributed by atoms with Gasteiger partial charge in [0, 0.05) is 12.8 Å². The van der Waals surface area contributed by atoms with E-state index < -0.39 is 17.8 Å². The lowest BCUT2D eigenvalue weighted by Crippen LogP contribution is -2.33. The predicted octanol–water partition coefficient (Wildman–Crippen LogP) is 12.4. The summed E-state index contributed by atoms with van der Waals surface area (Å²) >= 11 is 0. The molecule has 0 aromatic rings. The molecule has 0 bridgehead atoms. The number of hydrogen-bond acceptors (Lipinski definition) is 4. The van der Waals surface area contributed by atoms with Gasteiger partial charge in [0.1, 0.15) is 6.10 Å². The van der Waals surface area contributed by atoms with Crippen LogP contribution < -0.4 is 0 Å². The van der Waals surface area contributed by atoms with Gasteiger partial charge in [0.15, 0.2) is 0 Å². The van der Waals surface area contributed by atoms with E-state index >= 15 is 0 Å². The molecule has 0 aliphatic heterocycles. The standard InChI is InChI=1S/C45H76O4/c1-7-8-9-10-11-12-13-14-15-16-17-18-19-20-21-26-43(47)49-42-34-39(46)33-38(36(42)3)28-27-37-25-23-32-45(6)40(29-30-41(37)45)35(2)24-22-31-44(4,5)48/h27-29,35,39,41-42,46,48H,3,7-26,30-34H2,1-2,4-6H3/b37-27+,38-28-/t35-,39+,41?,42-,45?/m0/s1. The van der Waals surface area contributed by atoms with Crippen molar-refractivity contribution < 1.29 is 19.7 Å². The quantitative estimate of drug-likeness (QED) is 0.0640. The van der Waals surface area contributed by atoms with Crippen LogP contribution in [0.5, 0.6) is 0 Å². The summed E-state index contributed by atoms with van der Waals surface area (Å²) in [5.41, 5.74) is 4.61. The van der Waals surface area contributed by atoms with Crippen molar-refractivity contribution in [1.82, 2.24) is 0 Å². The molecule has 0 heterocycles. The predicted molar refractivity (Wildman–Crippen MR) is 207 cm³/mol. The molecule has 2 unspecified atom stereocenters. The van der Waals surface area contributed by atoms with E-state index in [0.29, 0.717) is 31.1 Å². The monoisotopic (exact) mass is 681 g/mol. The van der Waals surface area contributed by atoms with Crippen molar-refractivity contribution >= 4 is 5.97 Å². The molecule has 0 spiro atoms. The number of ether oxygens (including phenoxy) is 1. The van der Waals surface area contributed by atoms with Crippen LogP contribution in [0.2, 0.25) is 0 Å². The number of allylic oxidation sites excluding steroid dienone is 5. The number of unbranched alkanes of at least 4 members (excludes halogenated alkanes) is 14.